The Morgan fingerprint density at radius 2 is 2.18 bits per heavy atom. The molecule has 7 nitrogen and oxygen atoms in total. The minimum Gasteiger partial charge on any atom is -0.457 e. The maximum Gasteiger partial charge on any atom is 0.311 e. The second-order valence-corrected chi connectivity index (χ2v) is 3.50. The van der Waals surface area contributed by atoms with Crippen molar-refractivity contribution in [2.75, 3.05) is 11.9 Å². The van der Waals surface area contributed by atoms with Crippen LogP contribution in [0.15, 0.2) is 24.7 Å². The lowest BCUT2D eigenvalue weighted by molar-refractivity contribution is -0.384. The fourth-order valence-corrected chi connectivity index (χ4v) is 1.40. The van der Waals surface area contributed by atoms with Crippen molar-refractivity contribution in [3.8, 4) is 0 Å². The van der Waals surface area contributed by atoms with E-state index < -0.39 is 11.2 Å². The molecule has 0 unspecified atom stereocenters. The van der Waals surface area contributed by atoms with Crippen LogP contribution in [-0.4, -0.2) is 22.7 Å². The van der Waals surface area contributed by atoms with E-state index in [0.29, 0.717) is 0 Å². The predicted octanol–water partition coefficient (Wildman–Crippen LogP) is 1.90. The van der Waals surface area contributed by atoms with Gasteiger partial charge in [0.15, 0.2) is 0 Å². The summed E-state index contributed by atoms with van der Waals surface area (Å²) < 4.78 is 10.0. The highest BCUT2D eigenvalue weighted by molar-refractivity contribution is 6.29. The van der Waals surface area contributed by atoms with Crippen molar-refractivity contribution in [2.24, 2.45) is 0 Å². The van der Waals surface area contributed by atoms with E-state index in [9.17, 15) is 10.1 Å². The first kappa shape index (κ1) is 11.5. The van der Waals surface area contributed by atoms with Crippen molar-refractivity contribution < 1.29 is 14.4 Å². The Hall–Kier alpha value is -2.02. The van der Waals surface area contributed by atoms with Gasteiger partial charge in [0.2, 0.25) is 5.82 Å². The first-order valence-electron chi connectivity index (χ1n) is 4.67. The lowest BCUT2D eigenvalue weighted by Gasteiger charge is -2.11. The maximum absolute atomic E-state index is 10.7. The largest absolute Gasteiger partial charge is 0.457 e. The number of nitrogens with zero attached hydrogens (tertiary/aromatic N) is 2. The van der Waals surface area contributed by atoms with Crippen molar-refractivity contribution in [1.29, 1.82) is 0 Å². The summed E-state index contributed by atoms with van der Waals surface area (Å²) in [6.07, 6.45) is 2.27. The summed E-state index contributed by atoms with van der Waals surface area (Å²) in [5.74, 6) is 0.0848. The smallest absolute Gasteiger partial charge is 0.311 e. The highest BCUT2D eigenvalue weighted by atomic mass is 35.5. The van der Waals surface area contributed by atoms with Gasteiger partial charge in [0.05, 0.1) is 11.5 Å². The molecule has 0 saturated heterocycles. The molecule has 0 radical (unpaired) electrons. The summed E-state index contributed by atoms with van der Waals surface area (Å²) in [7, 11) is 0. The van der Waals surface area contributed by atoms with Crippen LogP contribution in [-0.2, 0) is 9.47 Å². The molecule has 90 valence electrons. The molecule has 1 aliphatic rings. The molecule has 0 amide bonds. The quantitative estimate of drug-likeness (QED) is 0.504. The Morgan fingerprint density at radius 3 is 2.82 bits per heavy atom. The monoisotopic (exact) mass is 257 g/mol. The van der Waals surface area contributed by atoms with Crippen molar-refractivity contribution in [1.82, 2.24) is 4.98 Å². The summed E-state index contributed by atoms with van der Waals surface area (Å²) in [4.78, 5) is 14.0. The Balaban J connectivity index is 2.07. The average molecular weight is 258 g/mol. The number of hydrogen-bond acceptors (Lipinski definition) is 6. The molecule has 2 heterocycles. The highest BCUT2D eigenvalue weighted by Gasteiger charge is 2.18. The van der Waals surface area contributed by atoms with E-state index >= 15 is 0 Å². The van der Waals surface area contributed by atoms with E-state index in [4.69, 9.17) is 21.1 Å². The van der Waals surface area contributed by atoms with Crippen LogP contribution < -0.4 is 5.32 Å². The standard InChI is InChI=1S/C9H8ClN3O4/c10-7-2-1-6(13(14)15)9(12-7)11-5-8-16-3-4-17-8/h1-4,8H,5H2,(H,11,12). The number of anilines is 1. The molecular weight excluding hydrogens is 250 g/mol. The lowest BCUT2D eigenvalue weighted by atomic mass is 10.4. The fraction of sp³-hybridized carbons (Fsp3) is 0.222. The number of hydrogen-bond donors (Lipinski definition) is 1. The SMILES string of the molecule is O=[N+]([O-])c1ccc(Cl)nc1NCC1OC=CO1. The number of aromatic nitrogens is 1. The number of nitrogens with one attached hydrogen (secondary N) is 1. The zero-order valence-electron chi connectivity index (χ0n) is 8.50. The van der Waals surface area contributed by atoms with E-state index in [-0.39, 0.29) is 23.2 Å². The fourth-order valence-electron chi connectivity index (χ4n) is 1.25. The molecule has 0 spiro atoms. The van der Waals surface area contributed by atoms with Crippen LogP contribution >= 0.6 is 11.6 Å². The number of halogens is 1. The first-order chi connectivity index (χ1) is 8.16. The van der Waals surface area contributed by atoms with E-state index in [0.717, 1.165) is 0 Å². The van der Waals surface area contributed by atoms with Crippen molar-refractivity contribution in [2.45, 2.75) is 6.29 Å². The summed E-state index contributed by atoms with van der Waals surface area (Å²) in [6.45, 7) is 0.223. The Morgan fingerprint density at radius 1 is 1.47 bits per heavy atom. The summed E-state index contributed by atoms with van der Waals surface area (Å²) in [5, 5.41) is 13.7. The molecule has 1 aromatic rings. The second kappa shape index (κ2) is 4.88. The number of rotatable bonds is 4. The van der Waals surface area contributed by atoms with Crippen molar-refractivity contribution in [3.05, 3.63) is 39.9 Å². The molecule has 0 atom stereocenters. The van der Waals surface area contributed by atoms with Gasteiger partial charge in [-0.3, -0.25) is 10.1 Å². The van der Waals surface area contributed by atoms with Gasteiger partial charge >= 0.3 is 5.69 Å². The van der Waals surface area contributed by atoms with Crippen molar-refractivity contribution in [3.63, 3.8) is 0 Å². The van der Waals surface area contributed by atoms with Gasteiger partial charge in [-0.25, -0.2) is 4.98 Å². The van der Waals surface area contributed by atoms with Gasteiger partial charge in [-0.2, -0.15) is 0 Å². The average Bonchev–Trinajstić information content (AvgIpc) is 2.78. The van der Waals surface area contributed by atoms with E-state index in [1.54, 1.807) is 0 Å². The number of ether oxygens (including phenoxy) is 2. The van der Waals surface area contributed by atoms with Gasteiger partial charge < -0.3 is 14.8 Å². The predicted molar refractivity (Wildman–Crippen MR) is 59.5 cm³/mol. The van der Waals surface area contributed by atoms with E-state index in [1.807, 2.05) is 0 Å². The van der Waals surface area contributed by atoms with Gasteiger partial charge in [0, 0.05) is 6.07 Å². The molecule has 0 bridgehead atoms. The molecule has 1 N–H and O–H groups in total. The third-order valence-corrected chi connectivity index (χ3v) is 2.20. The molecule has 0 aliphatic carbocycles. The summed E-state index contributed by atoms with van der Waals surface area (Å²) in [5.41, 5.74) is -0.152. The Bertz CT molecular complexity index is 458. The molecule has 0 saturated carbocycles. The van der Waals surface area contributed by atoms with Crippen LogP contribution in [0.1, 0.15) is 0 Å². The number of pyridine rings is 1. The zero-order valence-corrected chi connectivity index (χ0v) is 9.26. The van der Waals surface area contributed by atoms with Crippen LogP contribution in [0.5, 0.6) is 0 Å². The normalized spacial score (nSPS) is 14.2. The van der Waals surface area contributed by atoms with Crippen LogP contribution in [0.25, 0.3) is 0 Å². The molecule has 1 aliphatic heterocycles. The first-order valence-corrected chi connectivity index (χ1v) is 5.05. The number of nitro groups is 1. The summed E-state index contributed by atoms with van der Waals surface area (Å²) >= 11 is 5.67. The molecular formula is C9H8ClN3O4. The molecule has 0 fully saturated rings. The molecule has 2 rings (SSSR count). The minimum absolute atomic E-state index is 0.0848. The van der Waals surface area contributed by atoms with Gasteiger partial charge in [0.1, 0.15) is 17.7 Å². The Kier molecular flexibility index (Phi) is 3.29. The summed E-state index contributed by atoms with van der Waals surface area (Å²) in [6, 6.07) is 2.64. The zero-order chi connectivity index (χ0) is 12.3. The van der Waals surface area contributed by atoms with Crippen LogP contribution in [0.2, 0.25) is 5.15 Å². The molecule has 17 heavy (non-hydrogen) atoms. The minimum atomic E-state index is -0.541. The van der Waals surface area contributed by atoms with E-state index in [1.165, 1.54) is 24.7 Å². The van der Waals surface area contributed by atoms with Gasteiger partial charge in [0.25, 0.3) is 6.29 Å². The Labute approximate surface area is 101 Å². The van der Waals surface area contributed by atoms with Gasteiger partial charge in [-0.05, 0) is 6.07 Å². The van der Waals surface area contributed by atoms with Crippen LogP contribution in [0, 0.1) is 10.1 Å². The molecule has 0 aromatic carbocycles. The highest BCUT2D eigenvalue weighted by Crippen LogP contribution is 2.24. The van der Waals surface area contributed by atoms with Gasteiger partial charge in [-0.15, -0.1) is 0 Å². The van der Waals surface area contributed by atoms with Crippen LogP contribution in [0.4, 0.5) is 11.5 Å². The van der Waals surface area contributed by atoms with Crippen LogP contribution in [0.3, 0.4) is 0 Å². The maximum atomic E-state index is 10.7. The second-order valence-electron chi connectivity index (χ2n) is 3.11. The van der Waals surface area contributed by atoms with Crippen molar-refractivity contribution >= 4 is 23.1 Å². The third kappa shape index (κ3) is 2.76. The topological polar surface area (TPSA) is 86.5 Å². The van der Waals surface area contributed by atoms with E-state index in [2.05, 4.69) is 10.3 Å². The molecule has 8 heteroatoms. The third-order valence-electron chi connectivity index (χ3n) is 1.99. The molecule has 1 aromatic heterocycles. The van der Waals surface area contributed by atoms with Gasteiger partial charge in [-0.1, -0.05) is 11.6 Å². The lowest BCUT2D eigenvalue weighted by Crippen LogP contribution is -2.21.